The number of hydrogen-bond donors (Lipinski definition) is 0. The molecule has 86 valence electrons. The van der Waals surface area contributed by atoms with Gasteiger partial charge in [-0.05, 0) is 0 Å². The maximum absolute atomic E-state index is 5.22. The van der Waals surface area contributed by atoms with Gasteiger partial charge < -0.3 is 0 Å². The van der Waals surface area contributed by atoms with Crippen LogP contribution in [0.2, 0.25) is 14.8 Å². The van der Waals surface area contributed by atoms with Crippen LogP contribution in [0.4, 0.5) is 0 Å². The van der Waals surface area contributed by atoms with Crippen LogP contribution in [-0.2, 0) is 4.84 Å². The normalized spacial score (nSPS) is 20.5. The third kappa shape index (κ3) is 2.59. The Morgan fingerprint density at radius 1 is 1.19 bits per heavy atom. The molecule has 0 aliphatic carbocycles. The molecule has 2 nitrogen and oxygen atoms in total. The van der Waals surface area contributed by atoms with E-state index in [4.69, 9.17) is 4.84 Å². The average Bonchev–Trinajstić information content (AvgIpc) is 2.64. The van der Waals surface area contributed by atoms with Crippen LogP contribution in [0.1, 0.15) is 18.9 Å². The van der Waals surface area contributed by atoms with Crippen LogP contribution in [-0.4, -0.2) is 30.2 Å². The first kappa shape index (κ1) is 12.0. The predicted octanol–water partition coefficient (Wildman–Crippen LogP) is 2.74. The molecule has 1 heterocycles. The zero-order chi connectivity index (χ0) is 11.8. The SMILES string of the molecule is CC1CC(c2cc[c]([Sn]([CH3])([CH3])[CH3])cc2)=NO1. The Kier molecular flexibility index (Phi) is 3.29. The number of hydrogen-bond acceptors (Lipinski definition) is 2. The first-order valence-electron chi connectivity index (χ1n) is 5.80. The van der Waals surface area contributed by atoms with Gasteiger partial charge in [0.15, 0.2) is 0 Å². The second kappa shape index (κ2) is 4.40. The van der Waals surface area contributed by atoms with Gasteiger partial charge in [-0.3, -0.25) is 0 Å². The Hall–Kier alpha value is -0.511. The van der Waals surface area contributed by atoms with Crippen LogP contribution in [0.25, 0.3) is 0 Å². The molecular formula is C13H19NOSn. The van der Waals surface area contributed by atoms with Gasteiger partial charge in [-0.15, -0.1) is 0 Å². The van der Waals surface area contributed by atoms with E-state index in [0.29, 0.717) is 0 Å². The van der Waals surface area contributed by atoms with Crippen molar-refractivity contribution < 1.29 is 4.84 Å². The van der Waals surface area contributed by atoms with E-state index >= 15 is 0 Å². The van der Waals surface area contributed by atoms with Crippen LogP contribution < -0.4 is 3.58 Å². The van der Waals surface area contributed by atoms with Crippen LogP contribution in [0.5, 0.6) is 0 Å². The second-order valence-electron chi connectivity index (χ2n) is 5.49. The number of rotatable bonds is 2. The fourth-order valence-corrected chi connectivity index (χ4v) is 5.16. The van der Waals surface area contributed by atoms with Crippen LogP contribution in [0, 0.1) is 0 Å². The first-order valence-corrected chi connectivity index (χ1v) is 15.8. The van der Waals surface area contributed by atoms with Gasteiger partial charge in [0.1, 0.15) is 0 Å². The third-order valence-corrected chi connectivity index (χ3v) is 8.80. The molecule has 0 N–H and O–H groups in total. The molecule has 0 fully saturated rings. The van der Waals surface area contributed by atoms with Crippen molar-refractivity contribution in [3.05, 3.63) is 29.8 Å². The molecule has 3 heteroatoms. The van der Waals surface area contributed by atoms with Crippen molar-refractivity contribution in [3.63, 3.8) is 0 Å². The predicted molar refractivity (Wildman–Crippen MR) is 71.1 cm³/mol. The van der Waals surface area contributed by atoms with Crippen molar-refractivity contribution in [2.45, 2.75) is 34.3 Å². The molecule has 1 aromatic rings. The molecule has 0 saturated heterocycles. The summed E-state index contributed by atoms with van der Waals surface area (Å²) >= 11 is -1.89. The fraction of sp³-hybridized carbons (Fsp3) is 0.462. The van der Waals surface area contributed by atoms with Crippen molar-refractivity contribution in [1.29, 1.82) is 0 Å². The summed E-state index contributed by atoms with van der Waals surface area (Å²) in [7, 11) is 0. The van der Waals surface area contributed by atoms with Crippen molar-refractivity contribution in [1.82, 2.24) is 0 Å². The van der Waals surface area contributed by atoms with Gasteiger partial charge >= 0.3 is 102 Å². The summed E-state index contributed by atoms with van der Waals surface area (Å²) in [5.74, 6) is 0. The van der Waals surface area contributed by atoms with Gasteiger partial charge in [-0.2, -0.15) is 0 Å². The Bertz CT molecular complexity index is 403. The van der Waals surface area contributed by atoms with Gasteiger partial charge in [0.25, 0.3) is 0 Å². The van der Waals surface area contributed by atoms with Gasteiger partial charge in [0, 0.05) is 0 Å². The Morgan fingerprint density at radius 3 is 2.25 bits per heavy atom. The standard InChI is InChI=1S/C10H10NO.3CH3.Sn/c1-8-7-10(11-12-8)9-5-3-2-4-6-9;;;;/h3-6,8H,7H2,1H3;3*1H3;. The molecule has 1 aliphatic rings. The van der Waals surface area contributed by atoms with Crippen molar-refractivity contribution in [2.24, 2.45) is 5.16 Å². The maximum atomic E-state index is 5.22. The molecule has 0 saturated carbocycles. The van der Waals surface area contributed by atoms with Gasteiger partial charge in [0.05, 0.1) is 0 Å². The summed E-state index contributed by atoms with van der Waals surface area (Å²) in [6.07, 6.45) is 1.16. The van der Waals surface area contributed by atoms with E-state index in [9.17, 15) is 0 Å². The average molecular weight is 324 g/mol. The number of benzene rings is 1. The molecule has 0 aromatic heterocycles. The molecule has 0 amide bonds. The van der Waals surface area contributed by atoms with Crippen LogP contribution in [0.3, 0.4) is 0 Å². The van der Waals surface area contributed by atoms with Crippen LogP contribution >= 0.6 is 0 Å². The topological polar surface area (TPSA) is 21.6 Å². The summed E-state index contributed by atoms with van der Waals surface area (Å²) in [6.45, 7) is 2.05. The molecule has 16 heavy (non-hydrogen) atoms. The summed E-state index contributed by atoms with van der Waals surface area (Å²) in [5.41, 5.74) is 2.30. The third-order valence-electron chi connectivity index (χ3n) is 2.91. The Morgan fingerprint density at radius 2 is 1.81 bits per heavy atom. The summed E-state index contributed by atoms with van der Waals surface area (Å²) < 4.78 is 1.56. The van der Waals surface area contributed by atoms with E-state index in [1.54, 1.807) is 3.58 Å². The fourth-order valence-electron chi connectivity index (χ4n) is 1.83. The number of nitrogens with zero attached hydrogens (tertiary/aromatic N) is 1. The van der Waals surface area contributed by atoms with Crippen molar-refractivity contribution in [2.75, 3.05) is 0 Å². The molecule has 0 spiro atoms. The molecule has 1 aromatic carbocycles. The summed E-state index contributed by atoms with van der Waals surface area (Å²) in [6, 6.07) is 8.93. The van der Waals surface area contributed by atoms with Gasteiger partial charge in [0.2, 0.25) is 0 Å². The molecular weight excluding hydrogens is 305 g/mol. The Labute approximate surface area is 102 Å². The molecule has 1 aliphatic heterocycles. The van der Waals surface area contributed by atoms with Gasteiger partial charge in [-0.25, -0.2) is 0 Å². The molecule has 0 bridgehead atoms. The summed E-state index contributed by atoms with van der Waals surface area (Å²) in [4.78, 5) is 12.5. The zero-order valence-electron chi connectivity index (χ0n) is 10.4. The first-order chi connectivity index (χ1) is 7.47. The minimum absolute atomic E-state index is 0.233. The van der Waals surface area contributed by atoms with Crippen molar-refractivity contribution in [3.8, 4) is 0 Å². The van der Waals surface area contributed by atoms with Crippen molar-refractivity contribution >= 4 is 27.7 Å². The molecule has 0 radical (unpaired) electrons. The van der Waals surface area contributed by atoms with E-state index < -0.39 is 18.4 Å². The van der Waals surface area contributed by atoms with Gasteiger partial charge in [-0.1, -0.05) is 0 Å². The molecule has 1 atom stereocenters. The zero-order valence-corrected chi connectivity index (χ0v) is 13.3. The van der Waals surface area contributed by atoms with E-state index in [2.05, 4.69) is 51.2 Å². The number of oxime groups is 1. The molecule has 2 rings (SSSR count). The van der Waals surface area contributed by atoms with E-state index in [-0.39, 0.29) is 6.10 Å². The monoisotopic (exact) mass is 325 g/mol. The quantitative estimate of drug-likeness (QED) is 0.767. The van der Waals surface area contributed by atoms with Crippen LogP contribution in [0.15, 0.2) is 29.4 Å². The second-order valence-corrected chi connectivity index (χ2v) is 20.0. The summed E-state index contributed by atoms with van der Waals surface area (Å²) in [5, 5.41) is 4.11. The van der Waals surface area contributed by atoms with E-state index in [1.807, 2.05) is 0 Å². The Balaban J connectivity index is 2.20. The molecule has 1 unspecified atom stereocenters. The van der Waals surface area contributed by atoms with E-state index in [1.165, 1.54) is 5.56 Å². The van der Waals surface area contributed by atoms with E-state index in [0.717, 1.165) is 12.1 Å². The minimum atomic E-state index is -1.89.